The van der Waals surface area contributed by atoms with E-state index in [2.05, 4.69) is 4.74 Å². The highest BCUT2D eigenvalue weighted by Gasteiger charge is 2.45. The number of amides is 1. The molecule has 0 spiro atoms. The highest BCUT2D eigenvalue weighted by molar-refractivity contribution is 7.80. The monoisotopic (exact) mass is 618 g/mol. The summed E-state index contributed by atoms with van der Waals surface area (Å²) in [5.74, 6) is -3.95. The molecule has 0 unspecified atom stereocenters. The van der Waals surface area contributed by atoms with Gasteiger partial charge >= 0.3 is 24.3 Å². The van der Waals surface area contributed by atoms with Gasteiger partial charge in [0.25, 0.3) is 0 Å². The molecular weight excluding hydrogens is 590 g/mol. The number of hydrogen-bond donors (Lipinski definition) is 0. The van der Waals surface area contributed by atoms with Gasteiger partial charge in [0, 0.05) is 39.0 Å². The Morgan fingerprint density at radius 3 is 1.45 bits per heavy atom. The molecule has 4 atom stereocenters. The van der Waals surface area contributed by atoms with Crippen molar-refractivity contribution >= 4 is 35.1 Å². The Morgan fingerprint density at radius 2 is 1.07 bits per heavy atom. The topological polar surface area (TPSA) is 76.1 Å². The van der Waals surface area contributed by atoms with E-state index in [4.69, 9.17) is 17.0 Å². The second-order valence-electron chi connectivity index (χ2n) is 9.89. The lowest BCUT2D eigenvalue weighted by molar-refractivity contribution is -0.150. The number of thiocarbonyl (C=S) groups is 1. The lowest BCUT2D eigenvalue weighted by atomic mass is 9.88. The van der Waals surface area contributed by atoms with Crippen LogP contribution < -0.4 is 0 Å². The van der Waals surface area contributed by atoms with Crippen molar-refractivity contribution in [1.29, 1.82) is 0 Å². The Morgan fingerprint density at radius 1 is 0.714 bits per heavy atom. The van der Waals surface area contributed by atoms with Crippen molar-refractivity contribution in [2.24, 2.45) is 11.8 Å². The average molecular weight is 619 g/mol. The van der Waals surface area contributed by atoms with Crippen LogP contribution in [0.5, 0.6) is 0 Å². The Balaban J connectivity index is 0.000000230. The SMILES string of the molecule is COC(=O)[C@H]1C(=O)N(C)C[C@@H]1c1ccc(C(F)(F)F)cc1.COC(=O)[C@H]1C(=S)N(C)C[C@@H]1c1ccc(C(F)(F)F)cc1. The normalized spacial score (nSPS) is 22.5. The van der Waals surface area contributed by atoms with Gasteiger partial charge in [-0.15, -0.1) is 0 Å². The fourth-order valence-corrected chi connectivity index (χ4v) is 5.35. The zero-order valence-corrected chi connectivity index (χ0v) is 23.8. The zero-order chi connectivity index (χ0) is 31.6. The number of ether oxygens (including phenoxy) is 2. The summed E-state index contributed by atoms with van der Waals surface area (Å²) in [5.41, 5.74) is -0.324. The zero-order valence-electron chi connectivity index (χ0n) is 23.0. The van der Waals surface area contributed by atoms with E-state index < -0.39 is 53.2 Å². The summed E-state index contributed by atoms with van der Waals surface area (Å²) in [5, 5.41) is 0. The molecule has 0 saturated carbocycles. The van der Waals surface area contributed by atoms with Crippen LogP contribution in [0.25, 0.3) is 0 Å². The highest BCUT2D eigenvalue weighted by Crippen LogP contribution is 2.38. The van der Waals surface area contributed by atoms with Gasteiger partial charge in [0.15, 0.2) is 0 Å². The van der Waals surface area contributed by atoms with Gasteiger partial charge in [0.05, 0.1) is 30.3 Å². The van der Waals surface area contributed by atoms with Crippen LogP contribution in [0.4, 0.5) is 26.3 Å². The Bertz CT molecular complexity index is 1210. The van der Waals surface area contributed by atoms with Crippen LogP contribution in [0.3, 0.4) is 0 Å². The maximum Gasteiger partial charge on any atom is 0.416 e. The Kier molecular flexibility index (Phi) is 9.91. The molecule has 2 fully saturated rings. The van der Waals surface area contributed by atoms with E-state index in [1.54, 1.807) is 19.0 Å². The van der Waals surface area contributed by atoms with Crippen molar-refractivity contribution in [3.05, 3.63) is 70.8 Å². The maximum atomic E-state index is 12.6. The maximum absolute atomic E-state index is 12.6. The summed E-state index contributed by atoms with van der Waals surface area (Å²) in [6.45, 7) is 0.744. The lowest BCUT2D eigenvalue weighted by Gasteiger charge is -2.17. The number of likely N-dealkylation sites (tertiary alicyclic amines) is 2. The smallest absolute Gasteiger partial charge is 0.416 e. The minimum Gasteiger partial charge on any atom is -0.468 e. The van der Waals surface area contributed by atoms with Crippen molar-refractivity contribution in [1.82, 2.24) is 9.80 Å². The molecule has 0 aliphatic carbocycles. The van der Waals surface area contributed by atoms with E-state index in [9.17, 15) is 40.7 Å². The average Bonchev–Trinajstić information content (AvgIpc) is 3.41. The number of methoxy groups -OCH3 is 2. The summed E-state index contributed by atoms with van der Waals surface area (Å²) in [6, 6.07) is 9.33. The first kappa shape index (κ1) is 32.8. The largest absolute Gasteiger partial charge is 0.468 e. The second kappa shape index (κ2) is 12.7. The Hall–Kier alpha value is -3.68. The molecule has 228 valence electrons. The van der Waals surface area contributed by atoms with Crippen LogP contribution in [0.1, 0.15) is 34.1 Å². The van der Waals surface area contributed by atoms with E-state index in [-0.39, 0.29) is 18.4 Å². The number of rotatable bonds is 4. The molecule has 2 aliphatic heterocycles. The predicted molar refractivity (Wildman–Crippen MR) is 142 cm³/mol. The molecule has 2 saturated heterocycles. The first-order valence-electron chi connectivity index (χ1n) is 12.5. The van der Waals surface area contributed by atoms with Gasteiger partial charge in [-0.2, -0.15) is 26.3 Å². The highest BCUT2D eigenvalue weighted by atomic mass is 32.1. The van der Waals surface area contributed by atoms with Crippen LogP contribution in [-0.4, -0.2) is 74.0 Å². The summed E-state index contributed by atoms with van der Waals surface area (Å²) in [4.78, 5) is 39.1. The van der Waals surface area contributed by atoms with E-state index in [1.165, 1.54) is 43.4 Å². The number of likely N-dealkylation sites (N-methyl/N-ethyl adjacent to an activating group) is 2. The van der Waals surface area contributed by atoms with Gasteiger partial charge in [-0.3, -0.25) is 14.4 Å². The fourth-order valence-electron chi connectivity index (χ4n) is 5.02. The van der Waals surface area contributed by atoms with Gasteiger partial charge < -0.3 is 19.3 Å². The number of alkyl halides is 6. The minimum absolute atomic E-state index is 0.268. The molecule has 14 heteroatoms. The van der Waals surface area contributed by atoms with Crippen LogP contribution in [0.2, 0.25) is 0 Å². The van der Waals surface area contributed by atoms with Crippen LogP contribution in [0, 0.1) is 11.8 Å². The Labute approximate surface area is 243 Å². The van der Waals surface area contributed by atoms with Gasteiger partial charge in [-0.1, -0.05) is 36.5 Å². The molecule has 42 heavy (non-hydrogen) atoms. The first-order chi connectivity index (χ1) is 19.5. The molecule has 2 aromatic rings. The third kappa shape index (κ3) is 7.02. The molecular formula is C28H28F6N2O5S. The molecule has 1 amide bonds. The lowest BCUT2D eigenvalue weighted by Crippen LogP contribution is -2.29. The quantitative estimate of drug-likeness (QED) is 0.209. The van der Waals surface area contributed by atoms with Gasteiger partial charge in [0.1, 0.15) is 11.8 Å². The number of hydrogen-bond acceptors (Lipinski definition) is 6. The van der Waals surface area contributed by atoms with Crippen LogP contribution in [-0.2, 0) is 36.2 Å². The van der Waals surface area contributed by atoms with E-state index in [0.29, 0.717) is 22.7 Å². The summed E-state index contributed by atoms with van der Waals surface area (Å²) in [7, 11) is 5.75. The van der Waals surface area contributed by atoms with Crippen molar-refractivity contribution in [2.45, 2.75) is 24.2 Å². The number of esters is 2. The summed E-state index contributed by atoms with van der Waals surface area (Å²) < 4.78 is 84.7. The molecule has 0 radical (unpaired) electrons. The van der Waals surface area contributed by atoms with Crippen molar-refractivity contribution in [3.63, 3.8) is 0 Å². The van der Waals surface area contributed by atoms with Crippen molar-refractivity contribution in [3.8, 4) is 0 Å². The minimum atomic E-state index is -4.41. The van der Waals surface area contributed by atoms with Gasteiger partial charge in [-0.25, -0.2) is 0 Å². The molecule has 0 bridgehead atoms. The van der Waals surface area contributed by atoms with Gasteiger partial charge in [0.2, 0.25) is 5.91 Å². The summed E-state index contributed by atoms with van der Waals surface area (Å²) in [6.07, 6.45) is -8.79. The number of halogens is 6. The predicted octanol–water partition coefficient (Wildman–Crippen LogP) is 4.90. The first-order valence-corrected chi connectivity index (χ1v) is 12.9. The number of carbonyl (C=O) groups excluding carboxylic acids is 3. The molecule has 2 aromatic carbocycles. The standard InChI is InChI=1S/C14H14F3NO3.C14H14F3NO2S/c1-18-7-10(11(12(18)19)13(20)21-2)8-3-5-9(6-4-8)14(15,16)17;1-18-7-10(11(12(18)21)13(19)20-2)8-3-5-9(6-4-8)14(15,16)17/h2*3-6,10-11H,7H2,1-2H3/t2*10-,11-/m11/s1. The fraction of sp³-hybridized carbons (Fsp3) is 0.429. The third-order valence-corrected chi connectivity index (χ3v) is 7.84. The molecule has 2 heterocycles. The van der Waals surface area contributed by atoms with E-state index in [0.717, 1.165) is 24.3 Å². The number of nitrogens with zero attached hydrogens (tertiary/aromatic N) is 2. The van der Waals surface area contributed by atoms with E-state index >= 15 is 0 Å². The molecule has 7 nitrogen and oxygen atoms in total. The third-order valence-electron chi connectivity index (χ3n) is 7.27. The second-order valence-corrected chi connectivity index (χ2v) is 10.3. The van der Waals surface area contributed by atoms with E-state index in [1.807, 2.05) is 0 Å². The van der Waals surface area contributed by atoms with Crippen molar-refractivity contribution < 1.29 is 50.2 Å². The van der Waals surface area contributed by atoms with Crippen LogP contribution >= 0.6 is 12.2 Å². The van der Waals surface area contributed by atoms with Crippen LogP contribution in [0.15, 0.2) is 48.5 Å². The molecule has 4 rings (SSSR count). The summed E-state index contributed by atoms with van der Waals surface area (Å²) >= 11 is 5.21. The van der Waals surface area contributed by atoms with Gasteiger partial charge in [-0.05, 0) is 35.4 Å². The number of benzene rings is 2. The van der Waals surface area contributed by atoms with Crippen molar-refractivity contribution in [2.75, 3.05) is 41.4 Å². The molecule has 2 aliphatic rings. The molecule has 0 aromatic heterocycles. The molecule has 0 N–H and O–H groups in total. The number of carbonyl (C=O) groups is 3.